The molecule has 0 spiro atoms. The van der Waals surface area contributed by atoms with Crippen LogP contribution in [-0.4, -0.2) is 47.6 Å². The molecule has 0 aromatic heterocycles. The first-order valence-corrected chi connectivity index (χ1v) is 9.28. The van der Waals surface area contributed by atoms with Crippen molar-refractivity contribution in [1.82, 2.24) is 10.2 Å². The van der Waals surface area contributed by atoms with E-state index in [2.05, 4.69) is 49.7 Å². The molecule has 1 heterocycles. The van der Waals surface area contributed by atoms with E-state index < -0.39 is 0 Å². The van der Waals surface area contributed by atoms with Gasteiger partial charge in [-0.1, -0.05) is 20.8 Å². The first-order chi connectivity index (χ1) is 9.06. The molecule has 2 fully saturated rings. The zero-order chi connectivity index (χ0) is 13.9. The number of nitrogens with one attached hydrogen (secondary N) is 1. The Bertz CT molecular complexity index is 278. The fourth-order valence-electron chi connectivity index (χ4n) is 3.50. The summed E-state index contributed by atoms with van der Waals surface area (Å²) in [4.78, 5) is 2.82. The second-order valence-corrected chi connectivity index (χ2v) is 8.38. The minimum Gasteiger partial charge on any atom is -0.311 e. The van der Waals surface area contributed by atoms with E-state index in [4.69, 9.17) is 0 Å². The van der Waals surface area contributed by atoms with Crippen LogP contribution >= 0.6 is 11.8 Å². The largest absolute Gasteiger partial charge is 0.311 e. The Balaban J connectivity index is 1.93. The van der Waals surface area contributed by atoms with Gasteiger partial charge in [0.05, 0.1) is 0 Å². The zero-order valence-electron chi connectivity index (χ0n) is 13.2. The van der Waals surface area contributed by atoms with Gasteiger partial charge in [0.15, 0.2) is 0 Å². The summed E-state index contributed by atoms with van der Waals surface area (Å²) in [7, 11) is 0. The van der Waals surface area contributed by atoms with Crippen molar-refractivity contribution >= 4 is 11.8 Å². The summed E-state index contributed by atoms with van der Waals surface area (Å²) in [6.07, 6.45) is 4.22. The van der Waals surface area contributed by atoms with Crippen molar-refractivity contribution in [3.63, 3.8) is 0 Å². The lowest BCUT2D eigenvalue weighted by Gasteiger charge is -2.49. The monoisotopic (exact) mass is 284 g/mol. The van der Waals surface area contributed by atoms with Crippen molar-refractivity contribution in [3.05, 3.63) is 0 Å². The maximum atomic E-state index is 3.83. The van der Waals surface area contributed by atoms with E-state index in [0.717, 1.165) is 11.8 Å². The fourth-order valence-corrected chi connectivity index (χ4v) is 4.14. The van der Waals surface area contributed by atoms with Crippen LogP contribution in [0.25, 0.3) is 0 Å². The molecule has 1 N–H and O–H groups in total. The van der Waals surface area contributed by atoms with E-state index in [9.17, 15) is 0 Å². The van der Waals surface area contributed by atoms with Crippen LogP contribution in [0.5, 0.6) is 0 Å². The summed E-state index contributed by atoms with van der Waals surface area (Å²) in [6, 6.07) is 0.707. The third kappa shape index (κ3) is 4.12. The number of piperazine rings is 1. The topological polar surface area (TPSA) is 15.3 Å². The summed E-state index contributed by atoms with van der Waals surface area (Å²) in [5.74, 6) is 4.30. The molecule has 1 saturated carbocycles. The molecular formula is C16H32N2S. The van der Waals surface area contributed by atoms with Crippen LogP contribution in [-0.2, 0) is 0 Å². The summed E-state index contributed by atoms with van der Waals surface area (Å²) < 4.78 is 0. The van der Waals surface area contributed by atoms with Crippen LogP contribution < -0.4 is 5.32 Å². The Kier molecular flexibility index (Phi) is 5.62. The quantitative estimate of drug-likeness (QED) is 0.723. The molecule has 2 unspecified atom stereocenters. The van der Waals surface area contributed by atoms with Crippen LogP contribution in [0.1, 0.15) is 47.0 Å². The van der Waals surface area contributed by atoms with Gasteiger partial charge in [-0.25, -0.2) is 0 Å². The predicted molar refractivity (Wildman–Crippen MR) is 86.9 cm³/mol. The van der Waals surface area contributed by atoms with Crippen LogP contribution in [0.15, 0.2) is 0 Å². The molecule has 112 valence electrons. The highest BCUT2D eigenvalue weighted by molar-refractivity contribution is 7.99. The van der Waals surface area contributed by atoms with E-state index in [1.165, 1.54) is 50.4 Å². The molecule has 2 aliphatic rings. The van der Waals surface area contributed by atoms with Crippen molar-refractivity contribution < 1.29 is 0 Å². The highest BCUT2D eigenvalue weighted by Crippen LogP contribution is 2.44. The Labute approximate surface area is 124 Å². The highest BCUT2D eigenvalue weighted by Gasteiger charge is 2.47. The molecule has 19 heavy (non-hydrogen) atoms. The van der Waals surface area contributed by atoms with Crippen LogP contribution in [0.2, 0.25) is 0 Å². The summed E-state index contributed by atoms with van der Waals surface area (Å²) >= 11 is 2.09. The molecule has 0 amide bonds. The normalized spacial score (nSPS) is 33.0. The molecule has 0 radical (unpaired) electrons. The molecule has 0 aromatic carbocycles. The van der Waals surface area contributed by atoms with Crippen LogP contribution in [0.3, 0.4) is 0 Å². The summed E-state index contributed by atoms with van der Waals surface area (Å²) in [5.41, 5.74) is 0.432. The first-order valence-electron chi connectivity index (χ1n) is 8.12. The minimum atomic E-state index is 0.432. The first kappa shape index (κ1) is 15.7. The molecule has 1 aliphatic heterocycles. The van der Waals surface area contributed by atoms with E-state index in [0.29, 0.717) is 11.6 Å². The Morgan fingerprint density at radius 1 is 1.37 bits per heavy atom. The third-order valence-corrected chi connectivity index (χ3v) is 5.71. The number of nitrogens with zero attached hydrogens (tertiary/aromatic N) is 1. The maximum absolute atomic E-state index is 3.83. The minimum absolute atomic E-state index is 0.432. The summed E-state index contributed by atoms with van der Waals surface area (Å²) in [5, 5.41) is 3.83. The van der Waals surface area contributed by atoms with Gasteiger partial charge in [-0.15, -0.1) is 0 Å². The second-order valence-electron chi connectivity index (χ2n) is 6.98. The standard InChI is InChI=1S/C16H32N2S/c1-5-19-9-8-18-11-15(10-13(2)3)17-12-16(18,4)14-6-7-14/h13-15,17H,5-12H2,1-4H3. The molecule has 3 heteroatoms. The lowest BCUT2D eigenvalue weighted by molar-refractivity contribution is 0.0366. The fraction of sp³-hybridized carbons (Fsp3) is 1.00. The molecule has 1 saturated heterocycles. The van der Waals surface area contributed by atoms with Gasteiger partial charge >= 0.3 is 0 Å². The molecule has 2 rings (SSSR count). The van der Waals surface area contributed by atoms with Gasteiger partial charge < -0.3 is 5.32 Å². The number of rotatable bonds is 7. The van der Waals surface area contributed by atoms with Gasteiger partial charge in [-0.3, -0.25) is 4.90 Å². The lowest BCUT2D eigenvalue weighted by atomic mass is 9.88. The molecule has 0 bridgehead atoms. The van der Waals surface area contributed by atoms with E-state index in [1.54, 1.807) is 0 Å². The van der Waals surface area contributed by atoms with Gasteiger partial charge in [0.25, 0.3) is 0 Å². The number of hydrogen-bond acceptors (Lipinski definition) is 3. The SMILES string of the molecule is CCSCCN1CC(CC(C)C)NCC1(C)C1CC1. The van der Waals surface area contributed by atoms with Crippen LogP contribution in [0, 0.1) is 11.8 Å². The van der Waals surface area contributed by atoms with E-state index in [1.807, 2.05) is 0 Å². The number of thioether (sulfide) groups is 1. The Morgan fingerprint density at radius 2 is 2.11 bits per heavy atom. The van der Waals surface area contributed by atoms with Gasteiger partial charge in [0.1, 0.15) is 0 Å². The van der Waals surface area contributed by atoms with Gasteiger partial charge in [0, 0.05) is 37.0 Å². The maximum Gasteiger partial charge on any atom is 0.0335 e. The Morgan fingerprint density at radius 3 is 2.68 bits per heavy atom. The molecule has 0 aromatic rings. The lowest BCUT2D eigenvalue weighted by Crippen LogP contribution is -2.64. The smallest absolute Gasteiger partial charge is 0.0335 e. The molecule has 2 nitrogen and oxygen atoms in total. The van der Waals surface area contributed by atoms with Crippen molar-refractivity contribution in [2.75, 3.05) is 31.1 Å². The van der Waals surface area contributed by atoms with Gasteiger partial charge in [-0.05, 0) is 43.8 Å². The van der Waals surface area contributed by atoms with Crippen molar-refractivity contribution in [2.45, 2.75) is 58.5 Å². The molecular weight excluding hydrogens is 252 g/mol. The zero-order valence-corrected chi connectivity index (χ0v) is 14.1. The van der Waals surface area contributed by atoms with E-state index >= 15 is 0 Å². The van der Waals surface area contributed by atoms with Crippen molar-refractivity contribution in [3.8, 4) is 0 Å². The Hall–Kier alpha value is 0.270. The van der Waals surface area contributed by atoms with Gasteiger partial charge in [-0.2, -0.15) is 11.8 Å². The average Bonchev–Trinajstić information content (AvgIpc) is 3.17. The molecule has 1 aliphatic carbocycles. The highest BCUT2D eigenvalue weighted by atomic mass is 32.2. The predicted octanol–water partition coefficient (Wildman–Crippen LogP) is 3.23. The van der Waals surface area contributed by atoms with Crippen molar-refractivity contribution in [1.29, 1.82) is 0 Å². The number of hydrogen-bond donors (Lipinski definition) is 1. The summed E-state index contributed by atoms with van der Waals surface area (Å²) in [6.45, 7) is 13.2. The molecule has 2 atom stereocenters. The van der Waals surface area contributed by atoms with Crippen molar-refractivity contribution in [2.24, 2.45) is 11.8 Å². The third-order valence-electron chi connectivity index (χ3n) is 4.83. The average molecular weight is 285 g/mol. The van der Waals surface area contributed by atoms with E-state index in [-0.39, 0.29) is 0 Å². The van der Waals surface area contributed by atoms with Crippen LogP contribution in [0.4, 0.5) is 0 Å². The van der Waals surface area contributed by atoms with Gasteiger partial charge in [0.2, 0.25) is 0 Å². The second kappa shape index (κ2) is 6.82.